The van der Waals surface area contributed by atoms with Gasteiger partial charge in [-0.1, -0.05) is 6.92 Å². The SMILES string of the molecule is CCC1CCCN1C(=O)c1cc(N)cc(S(C)(=O)=O)c1. The lowest BCUT2D eigenvalue weighted by Gasteiger charge is -2.24. The third-order valence-corrected chi connectivity index (χ3v) is 4.81. The number of anilines is 1. The topological polar surface area (TPSA) is 80.5 Å². The van der Waals surface area contributed by atoms with Gasteiger partial charge in [0.15, 0.2) is 9.84 Å². The highest BCUT2D eigenvalue weighted by atomic mass is 32.2. The molecule has 5 nitrogen and oxygen atoms in total. The lowest BCUT2D eigenvalue weighted by atomic mass is 10.1. The van der Waals surface area contributed by atoms with Gasteiger partial charge in [-0.05, 0) is 37.5 Å². The summed E-state index contributed by atoms with van der Waals surface area (Å²) in [4.78, 5) is 14.4. The van der Waals surface area contributed by atoms with Crippen LogP contribution in [0.4, 0.5) is 5.69 Å². The van der Waals surface area contributed by atoms with E-state index in [4.69, 9.17) is 5.73 Å². The first kappa shape index (κ1) is 14.8. The third-order valence-electron chi connectivity index (χ3n) is 3.71. The number of benzene rings is 1. The smallest absolute Gasteiger partial charge is 0.254 e. The Balaban J connectivity index is 2.38. The fraction of sp³-hybridized carbons (Fsp3) is 0.500. The van der Waals surface area contributed by atoms with E-state index in [9.17, 15) is 13.2 Å². The molecule has 20 heavy (non-hydrogen) atoms. The summed E-state index contributed by atoms with van der Waals surface area (Å²) in [5, 5.41) is 0. The second-order valence-corrected chi connectivity index (χ2v) is 7.28. The summed E-state index contributed by atoms with van der Waals surface area (Å²) in [5.74, 6) is -0.133. The van der Waals surface area contributed by atoms with Gasteiger partial charge in [0.05, 0.1) is 4.90 Å². The van der Waals surface area contributed by atoms with Crippen molar-refractivity contribution in [2.45, 2.75) is 37.1 Å². The molecule has 1 atom stereocenters. The fourth-order valence-electron chi connectivity index (χ4n) is 2.65. The zero-order valence-corrected chi connectivity index (χ0v) is 12.6. The van der Waals surface area contributed by atoms with Crippen LogP contribution in [0.1, 0.15) is 36.5 Å². The molecule has 1 aliphatic heterocycles. The van der Waals surface area contributed by atoms with E-state index in [0.717, 1.165) is 32.1 Å². The van der Waals surface area contributed by atoms with Gasteiger partial charge in [-0.15, -0.1) is 0 Å². The van der Waals surface area contributed by atoms with Crippen molar-refractivity contribution in [3.63, 3.8) is 0 Å². The number of likely N-dealkylation sites (tertiary alicyclic amines) is 1. The average molecular weight is 296 g/mol. The Bertz CT molecular complexity index is 625. The molecule has 0 saturated carbocycles. The van der Waals surface area contributed by atoms with Gasteiger partial charge in [0, 0.05) is 30.1 Å². The summed E-state index contributed by atoms with van der Waals surface area (Å²) in [6.07, 6.45) is 4.02. The molecule has 6 heteroatoms. The van der Waals surface area contributed by atoms with Crippen LogP contribution in [0.15, 0.2) is 23.1 Å². The summed E-state index contributed by atoms with van der Waals surface area (Å²) < 4.78 is 23.2. The van der Waals surface area contributed by atoms with Crippen LogP contribution in [0.25, 0.3) is 0 Å². The van der Waals surface area contributed by atoms with Crippen molar-refractivity contribution in [1.29, 1.82) is 0 Å². The van der Waals surface area contributed by atoms with Gasteiger partial charge in [-0.2, -0.15) is 0 Å². The maximum atomic E-state index is 12.5. The Morgan fingerprint density at radius 3 is 2.70 bits per heavy atom. The van der Waals surface area contributed by atoms with Gasteiger partial charge in [0.1, 0.15) is 0 Å². The van der Waals surface area contributed by atoms with Crippen LogP contribution in [-0.2, 0) is 9.84 Å². The number of hydrogen-bond donors (Lipinski definition) is 1. The maximum absolute atomic E-state index is 12.5. The minimum Gasteiger partial charge on any atom is -0.399 e. The number of nitrogens with zero attached hydrogens (tertiary/aromatic N) is 1. The van der Waals surface area contributed by atoms with Crippen molar-refractivity contribution in [3.05, 3.63) is 23.8 Å². The summed E-state index contributed by atoms with van der Waals surface area (Å²) in [7, 11) is -3.37. The largest absolute Gasteiger partial charge is 0.399 e. The number of hydrogen-bond acceptors (Lipinski definition) is 4. The Morgan fingerprint density at radius 1 is 1.40 bits per heavy atom. The fourth-order valence-corrected chi connectivity index (χ4v) is 3.34. The Kier molecular flexibility index (Phi) is 4.04. The summed E-state index contributed by atoms with van der Waals surface area (Å²) in [6.45, 7) is 2.78. The van der Waals surface area contributed by atoms with E-state index < -0.39 is 9.84 Å². The lowest BCUT2D eigenvalue weighted by Crippen LogP contribution is -2.35. The second-order valence-electron chi connectivity index (χ2n) is 5.27. The Labute approximate surface area is 119 Å². The summed E-state index contributed by atoms with van der Waals surface area (Å²) in [6, 6.07) is 4.58. The molecule has 2 rings (SSSR count). The molecule has 1 aromatic carbocycles. The third kappa shape index (κ3) is 2.95. The summed E-state index contributed by atoms with van der Waals surface area (Å²) in [5.41, 5.74) is 6.37. The van der Waals surface area contributed by atoms with Gasteiger partial charge in [0.25, 0.3) is 5.91 Å². The predicted octanol–water partition coefficient (Wildman–Crippen LogP) is 1.69. The van der Waals surface area contributed by atoms with Crippen LogP contribution in [0.2, 0.25) is 0 Å². The Hall–Kier alpha value is -1.56. The van der Waals surface area contributed by atoms with Crippen LogP contribution >= 0.6 is 0 Å². The summed E-state index contributed by atoms with van der Waals surface area (Å²) >= 11 is 0. The van der Waals surface area contributed by atoms with Crippen molar-refractivity contribution in [2.24, 2.45) is 0 Å². The van der Waals surface area contributed by atoms with Gasteiger partial charge in [-0.3, -0.25) is 4.79 Å². The highest BCUT2D eigenvalue weighted by Gasteiger charge is 2.28. The van der Waals surface area contributed by atoms with E-state index in [1.54, 1.807) is 6.07 Å². The molecule has 2 N–H and O–H groups in total. The van der Waals surface area contributed by atoms with Gasteiger partial charge >= 0.3 is 0 Å². The van der Waals surface area contributed by atoms with E-state index >= 15 is 0 Å². The molecule has 1 heterocycles. The van der Waals surface area contributed by atoms with Crippen molar-refractivity contribution >= 4 is 21.4 Å². The first-order chi connectivity index (χ1) is 9.32. The van der Waals surface area contributed by atoms with Crippen LogP contribution < -0.4 is 5.73 Å². The molecule has 0 spiro atoms. The molecular weight excluding hydrogens is 276 g/mol. The quantitative estimate of drug-likeness (QED) is 0.861. The standard InChI is InChI=1S/C14H20N2O3S/c1-3-12-5-4-6-16(12)14(17)10-7-11(15)9-13(8-10)20(2,18)19/h7-9,12H,3-6,15H2,1-2H3. The zero-order chi connectivity index (χ0) is 14.9. The highest BCUT2D eigenvalue weighted by molar-refractivity contribution is 7.90. The van der Waals surface area contributed by atoms with Gasteiger partial charge in [0.2, 0.25) is 0 Å². The van der Waals surface area contributed by atoms with E-state index in [2.05, 4.69) is 6.92 Å². The van der Waals surface area contributed by atoms with Crippen molar-refractivity contribution in [3.8, 4) is 0 Å². The second kappa shape index (κ2) is 5.44. The molecule has 1 amide bonds. The molecule has 1 aliphatic rings. The van der Waals surface area contributed by atoms with Crippen molar-refractivity contribution in [2.75, 3.05) is 18.5 Å². The lowest BCUT2D eigenvalue weighted by molar-refractivity contribution is 0.0733. The number of nitrogens with two attached hydrogens (primary N) is 1. The molecular formula is C14H20N2O3S. The van der Waals surface area contributed by atoms with Gasteiger partial charge < -0.3 is 10.6 Å². The van der Waals surface area contributed by atoms with E-state index in [1.807, 2.05) is 4.90 Å². The number of carbonyl (C=O) groups is 1. The van der Waals surface area contributed by atoms with E-state index in [1.165, 1.54) is 12.1 Å². The minimum atomic E-state index is -3.37. The highest BCUT2D eigenvalue weighted by Crippen LogP contribution is 2.24. The first-order valence-corrected chi connectivity index (χ1v) is 8.63. The van der Waals surface area contributed by atoms with Crippen LogP contribution in [0, 0.1) is 0 Å². The number of nitrogen functional groups attached to an aromatic ring is 1. The molecule has 0 bridgehead atoms. The molecule has 1 unspecified atom stereocenters. The predicted molar refractivity (Wildman–Crippen MR) is 78.3 cm³/mol. The number of rotatable bonds is 3. The van der Waals surface area contributed by atoms with Crippen molar-refractivity contribution < 1.29 is 13.2 Å². The molecule has 1 saturated heterocycles. The normalized spacial score (nSPS) is 19.3. The molecule has 0 aromatic heterocycles. The molecule has 0 aliphatic carbocycles. The maximum Gasteiger partial charge on any atom is 0.254 e. The molecule has 1 aromatic rings. The van der Waals surface area contributed by atoms with Crippen LogP contribution in [-0.4, -0.2) is 38.1 Å². The molecule has 1 fully saturated rings. The molecule has 110 valence electrons. The number of carbonyl (C=O) groups excluding carboxylic acids is 1. The van der Waals surface area contributed by atoms with E-state index in [0.29, 0.717) is 11.3 Å². The average Bonchev–Trinajstić information content (AvgIpc) is 2.84. The minimum absolute atomic E-state index is 0.0908. The number of amides is 1. The first-order valence-electron chi connectivity index (χ1n) is 6.74. The van der Waals surface area contributed by atoms with E-state index in [-0.39, 0.29) is 16.8 Å². The van der Waals surface area contributed by atoms with Gasteiger partial charge in [-0.25, -0.2) is 8.42 Å². The van der Waals surface area contributed by atoms with Crippen LogP contribution in [0.3, 0.4) is 0 Å². The molecule has 0 radical (unpaired) electrons. The Morgan fingerprint density at radius 2 is 2.10 bits per heavy atom. The monoisotopic (exact) mass is 296 g/mol. The van der Waals surface area contributed by atoms with Crippen molar-refractivity contribution in [1.82, 2.24) is 4.90 Å². The number of sulfone groups is 1. The zero-order valence-electron chi connectivity index (χ0n) is 11.8. The van der Waals surface area contributed by atoms with Crippen LogP contribution in [0.5, 0.6) is 0 Å².